The average molecular weight is 256 g/mol. The van der Waals surface area contributed by atoms with Crippen LogP contribution in [0.4, 0.5) is 5.82 Å². The number of aromatic nitrogens is 2. The van der Waals surface area contributed by atoms with Gasteiger partial charge in [0.1, 0.15) is 5.92 Å². The topological polar surface area (TPSA) is 132 Å². The molecule has 9 heteroatoms. The molecule has 1 amide bonds. The van der Waals surface area contributed by atoms with Crippen molar-refractivity contribution in [1.82, 2.24) is 15.2 Å². The van der Waals surface area contributed by atoms with Crippen molar-refractivity contribution in [3.05, 3.63) is 5.69 Å². The Labute approximate surface area is 101 Å². The van der Waals surface area contributed by atoms with E-state index < -0.39 is 23.8 Å². The Bertz CT molecular complexity index is 473. The number of hydrogen-bond donors (Lipinski definition) is 2. The molecule has 1 fully saturated rings. The lowest BCUT2D eigenvalue weighted by Gasteiger charge is -2.25. The molecule has 2 atom stereocenters. The number of likely N-dealkylation sites (N-methyl/N-ethyl adjacent to an activating group) is 1. The largest absolute Gasteiger partial charge is 0.481 e. The maximum absolute atomic E-state index is 12.0. The fourth-order valence-electron chi connectivity index (χ4n) is 1.82. The van der Waals surface area contributed by atoms with Gasteiger partial charge < -0.3 is 20.5 Å². The number of rotatable bonds is 3. The number of nitrogens with two attached hydrogens (primary N) is 1. The van der Waals surface area contributed by atoms with E-state index in [9.17, 15) is 9.59 Å². The highest BCUT2D eigenvalue weighted by molar-refractivity contribution is 5.96. The summed E-state index contributed by atoms with van der Waals surface area (Å²) in [7, 11) is 1.46. The number of carboxylic acids is 1. The van der Waals surface area contributed by atoms with Gasteiger partial charge in [-0.3, -0.25) is 9.59 Å². The lowest BCUT2D eigenvalue weighted by molar-refractivity contribution is -0.142. The third-order valence-corrected chi connectivity index (χ3v) is 2.90. The molecule has 2 unspecified atom stereocenters. The minimum Gasteiger partial charge on any atom is -0.481 e. The van der Waals surface area contributed by atoms with E-state index in [4.69, 9.17) is 15.6 Å². The summed E-state index contributed by atoms with van der Waals surface area (Å²) < 4.78 is 9.42. The van der Waals surface area contributed by atoms with Gasteiger partial charge in [-0.1, -0.05) is 0 Å². The molecular weight excluding hydrogens is 244 g/mol. The fourth-order valence-corrected chi connectivity index (χ4v) is 1.82. The molecule has 2 heterocycles. The van der Waals surface area contributed by atoms with E-state index in [0.29, 0.717) is 0 Å². The van der Waals surface area contributed by atoms with Gasteiger partial charge in [-0.2, -0.15) is 0 Å². The number of aliphatic carboxylic acids is 1. The quantitative estimate of drug-likeness (QED) is 0.690. The van der Waals surface area contributed by atoms with Crippen molar-refractivity contribution in [2.75, 3.05) is 26.0 Å². The van der Waals surface area contributed by atoms with Crippen molar-refractivity contribution in [2.45, 2.75) is 6.04 Å². The van der Waals surface area contributed by atoms with E-state index in [1.807, 2.05) is 0 Å². The molecule has 0 radical (unpaired) electrons. The van der Waals surface area contributed by atoms with Crippen molar-refractivity contribution in [1.29, 1.82) is 0 Å². The molecule has 18 heavy (non-hydrogen) atoms. The first-order valence-electron chi connectivity index (χ1n) is 5.18. The Kier molecular flexibility index (Phi) is 3.15. The van der Waals surface area contributed by atoms with E-state index in [1.165, 1.54) is 11.9 Å². The number of carbonyl (C=O) groups is 2. The summed E-state index contributed by atoms with van der Waals surface area (Å²) in [5.74, 6) is -2.45. The SMILES string of the molecule is CN(C(=O)c1nonc1N)C1COCC1C(=O)O. The molecule has 1 aromatic heterocycles. The molecule has 0 aromatic carbocycles. The molecule has 1 aromatic rings. The molecule has 0 aliphatic carbocycles. The summed E-state index contributed by atoms with van der Waals surface area (Å²) in [6.07, 6.45) is 0. The van der Waals surface area contributed by atoms with Crippen LogP contribution in [0.5, 0.6) is 0 Å². The van der Waals surface area contributed by atoms with Crippen molar-refractivity contribution < 1.29 is 24.1 Å². The molecule has 1 aliphatic heterocycles. The summed E-state index contributed by atoms with van der Waals surface area (Å²) in [4.78, 5) is 24.3. The van der Waals surface area contributed by atoms with Gasteiger partial charge in [0.2, 0.25) is 11.5 Å². The summed E-state index contributed by atoms with van der Waals surface area (Å²) in [6.45, 7) is 0.231. The van der Waals surface area contributed by atoms with Crippen LogP contribution in [0.25, 0.3) is 0 Å². The predicted octanol–water partition coefficient (Wildman–Crippen LogP) is -1.18. The normalized spacial score (nSPS) is 22.9. The Morgan fingerprint density at radius 3 is 2.72 bits per heavy atom. The second-order valence-electron chi connectivity index (χ2n) is 3.96. The maximum Gasteiger partial charge on any atom is 0.311 e. The van der Waals surface area contributed by atoms with Gasteiger partial charge in [0.15, 0.2) is 0 Å². The average Bonchev–Trinajstić information content (AvgIpc) is 2.95. The Morgan fingerprint density at radius 1 is 1.44 bits per heavy atom. The third kappa shape index (κ3) is 1.99. The van der Waals surface area contributed by atoms with Crippen LogP contribution in [0.2, 0.25) is 0 Å². The number of carbonyl (C=O) groups excluding carboxylic acids is 1. The fraction of sp³-hybridized carbons (Fsp3) is 0.556. The van der Waals surface area contributed by atoms with Crippen LogP contribution in [-0.2, 0) is 9.53 Å². The van der Waals surface area contributed by atoms with Crippen LogP contribution in [0.3, 0.4) is 0 Å². The van der Waals surface area contributed by atoms with Gasteiger partial charge in [-0.25, -0.2) is 4.63 Å². The molecule has 0 spiro atoms. The first-order valence-corrected chi connectivity index (χ1v) is 5.18. The standard InChI is InChI=1S/C9H12N4O5/c1-13(5-3-17-2-4(5)9(15)16)8(14)6-7(10)12-18-11-6/h4-5H,2-3H2,1H3,(H2,10,12)(H,15,16). The smallest absolute Gasteiger partial charge is 0.311 e. The first kappa shape index (κ1) is 12.3. The lowest BCUT2D eigenvalue weighted by Crippen LogP contribution is -2.44. The summed E-state index contributed by atoms with van der Waals surface area (Å²) in [5.41, 5.74) is 5.28. The van der Waals surface area contributed by atoms with Crippen molar-refractivity contribution in [3.8, 4) is 0 Å². The molecule has 0 bridgehead atoms. The van der Waals surface area contributed by atoms with Crippen LogP contribution < -0.4 is 5.73 Å². The van der Waals surface area contributed by atoms with Gasteiger partial charge in [-0.05, 0) is 10.3 Å². The third-order valence-electron chi connectivity index (χ3n) is 2.90. The minimum absolute atomic E-state index is 0.0736. The Balaban J connectivity index is 2.16. The number of carboxylic acid groups (broad SMARTS) is 1. The number of anilines is 1. The monoisotopic (exact) mass is 256 g/mol. The summed E-state index contributed by atoms with van der Waals surface area (Å²) in [6, 6.07) is -0.564. The highest BCUT2D eigenvalue weighted by Crippen LogP contribution is 2.21. The second kappa shape index (κ2) is 4.61. The molecule has 3 N–H and O–H groups in total. The van der Waals surface area contributed by atoms with Crippen LogP contribution in [-0.4, -0.2) is 58.5 Å². The van der Waals surface area contributed by atoms with Crippen LogP contribution in [0.1, 0.15) is 10.5 Å². The van der Waals surface area contributed by atoms with Crippen molar-refractivity contribution >= 4 is 17.7 Å². The predicted molar refractivity (Wildman–Crippen MR) is 56.5 cm³/mol. The molecule has 1 saturated heterocycles. The molecular formula is C9H12N4O5. The molecule has 9 nitrogen and oxygen atoms in total. The van der Waals surface area contributed by atoms with Gasteiger partial charge in [0.25, 0.3) is 5.91 Å². The van der Waals surface area contributed by atoms with Crippen LogP contribution >= 0.6 is 0 Å². The number of hydrogen-bond acceptors (Lipinski definition) is 7. The van der Waals surface area contributed by atoms with E-state index >= 15 is 0 Å². The van der Waals surface area contributed by atoms with E-state index in [0.717, 1.165) is 0 Å². The van der Waals surface area contributed by atoms with Crippen molar-refractivity contribution in [2.24, 2.45) is 5.92 Å². The molecule has 0 saturated carbocycles. The number of nitrogens with zero attached hydrogens (tertiary/aromatic N) is 3. The van der Waals surface area contributed by atoms with Gasteiger partial charge in [0.05, 0.1) is 19.3 Å². The van der Waals surface area contributed by atoms with E-state index in [1.54, 1.807) is 0 Å². The Hall–Kier alpha value is -2.16. The summed E-state index contributed by atoms with van der Waals surface area (Å²) in [5, 5.41) is 15.7. The van der Waals surface area contributed by atoms with Crippen LogP contribution in [0.15, 0.2) is 4.63 Å². The molecule has 1 aliphatic rings. The number of nitrogen functional groups attached to an aromatic ring is 1. The first-order chi connectivity index (χ1) is 8.52. The molecule has 98 valence electrons. The second-order valence-corrected chi connectivity index (χ2v) is 3.96. The zero-order valence-corrected chi connectivity index (χ0v) is 9.57. The Morgan fingerprint density at radius 2 is 2.17 bits per heavy atom. The maximum atomic E-state index is 12.0. The minimum atomic E-state index is -1.01. The van der Waals surface area contributed by atoms with Gasteiger partial charge in [-0.15, -0.1) is 0 Å². The zero-order chi connectivity index (χ0) is 13.3. The highest BCUT2D eigenvalue weighted by atomic mass is 16.6. The van der Waals surface area contributed by atoms with Gasteiger partial charge in [0, 0.05) is 7.05 Å². The van der Waals surface area contributed by atoms with E-state index in [-0.39, 0.29) is 24.7 Å². The number of amides is 1. The van der Waals surface area contributed by atoms with Crippen molar-refractivity contribution in [3.63, 3.8) is 0 Å². The summed E-state index contributed by atoms with van der Waals surface area (Å²) >= 11 is 0. The zero-order valence-electron chi connectivity index (χ0n) is 9.57. The van der Waals surface area contributed by atoms with Crippen LogP contribution in [0, 0.1) is 5.92 Å². The molecule has 2 rings (SSSR count). The number of ether oxygens (including phenoxy) is 1. The highest BCUT2D eigenvalue weighted by Gasteiger charge is 2.39. The van der Waals surface area contributed by atoms with Gasteiger partial charge >= 0.3 is 5.97 Å². The lowest BCUT2D eigenvalue weighted by atomic mass is 10.0. The van der Waals surface area contributed by atoms with E-state index in [2.05, 4.69) is 14.9 Å².